The number of rotatable bonds is 4. The number of nitrogens with zero attached hydrogens (tertiary/aromatic N) is 3. The minimum absolute atomic E-state index is 0.201. The van der Waals surface area contributed by atoms with Gasteiger partial charge in [0, 0.05) is 12.1 Å². The first-order valence-corrected chi connectivity index (χ1v) is 7.11. The Morgan fingerprint density at radius 1 is 1.08 bits per heavy atom. The second kappa shape index (κ2) is 6.71. The first-order chi connectivity index (χ1) is 11.6. The summed E-state index contributed by atoms with van der Waals surface area (Å²) in [6.45, 7) is 0. The van der Waals surface area contributed by atoms with Gasteiger partial charge in [0.15, 0.2) is 0 Å². The number of benzene rings is 2. The lowest BCUT2D eigenvalue weighted by atomic mass is 10.1. The van der Waals surface area contributed by atoms with Crippen LogP contribution < -0.4 is 10.9 Å². The van der Waals surface area contributed by atoms with Gasteiger partial charge in [-0.1, -0.05) is 12.1 Å². The molecule has 0 saturated carbocycles. The van der Waals surface area contributed by atoms with Crippen LogP contribution in [-0.2, 0) is 6.42 Å². The summed E-state index contributed by atoms with van der Waals surface area (Å²) < 4.78 is 12.9. The van der Waals surface area contributed by atoms with Crippen LogP contribution in [0.25, 0.3) is 0 Å². The van der Waals surface area contributed by atoms with Crippen LogP contribution in [0.5, 0.6) is 0 Å². The Kier molecular flexibility index (Phi) is 4.29. The van der Waals surface area contributed by atoms with Crippen LogP contribution in [-0.4, -0.2) is 15.2 Å². The maximum atomic E-state index is 12.9. The average Bonchev–Trinajstić information content (AvgIpc) is 2.60. The van der Waals surface area contributed by atoms with Crippen molar-refractivity contribution in [3.05, 3.63) is 81.5 Å². The summed E-state index contributed by atoms with van der Waals surface area (Å²) in [5.41, 5.74) is 1.85. The third-order valence-corrected chi connectivity index (χ3v) is 3.33. The van der Waals surface area contributed by atoms with Crippen LogP contribution in [0.2, 0.25) is 0 Å². The summed E-state index contributed by atoms with van der Waals surface area (Å²) in [6, 6.07) is 14.6. The van der Waals surface area contributed by atoms with E-state index in [-0.39, 0.29) is 29.4 Å². The van der Waals surface area contributed by atoms with Crippen molar-refractivity contribution in [3.63, 3.8) is 0 Å². The van der Waals surface area contributed by atoms with Crippen LogP contribution >= 0.6 is 0 Å². The van der Waals surface area contributed by atoms with Gasteiger partial charge in [-0.2, -0.15) is 5.26 Å². The van der Waals surface area contributed by atoms with Crippen molar-refractivity contribution in [3.8, 4) is 6.07 Å². The maximum absolute atomic E-state index is 12.9. The summed E-state index contributed by atoms with van der Waals surface area (Å²) >= 11 is 0. The van der Waals surface area contributed by atoms with E-state index in [1.54, 1.807) is 36.4 Å². The molecule has 118 valence electrons. The number of anilines is 2. The molecular weight excluding hydrogens is 309 g/mol. The van der Waals surface area contributed by atoms with Crippen LogP contribution in [0.3, 0.4) is 0 Å². The quantitative estimate of drug-likeness (QED) is 0.770. The molecular formula is C17H12FN5O. The number of nitrogens with one attached hydrogen (secondary N) is 2. The van der Waals surface area contributed by atoms with E-state index in [0.29, 0.717) is 11.3 Å². The fraction of sp³-hybridized carbons (Fsp3) is 0.0588. The van der Waals surface area contributed by atoms with Crippen LogP contribution in [0.4, 0.5) is 16.0 Å². The highest BCUT2D eigenvalue weighted by molar-refractivity contribution is 5.54. The molecule has 24 heavy (non-hydrogen) atoms. The molecule has 0 bridgehead atoms. The van der Waals surface area contributed by atoms with E-state index in [9.17, 15) is 9.18 Å². The number of hydrogen-bond donors (Lipinski definition) is 2. The molecule has 0 unspecified atom stereocenters. The average molecular weight is 321 g/mol. The lowest BCUT2D eigenvalue weighted by Gasteiger charge is -2.05. The third kappa shape index (κ3) is 3.62. The van der Waals surface area contributed by atoms with Crippen LogP contribution in [0, 0.1) is 17.1 Å². The number of aromatic amines is 1. The highest BCUT2D eigenvalue weighted by Crippen LogP contribution is 2.12. The van der Waals surface area contributed by atoms with Crippen molar-refractivity contribution in [1.29, 1.82) is 5.26 Å². The molecule has 0 aliphatic heterocycles. The zero-order valence-electron chi connectivity index (χ0n) is 12.5. The van der Waals surface area contributed by atoms with Gasteiger partial charge in [-0.25, -0.2) is 4.39 Å². The molecule has 0 aliphatic rings. The second-order valence-corrected chi connectivity index (χ2v) is 5.07. The predicted molar refractivity (Wildman–Crippen MR) is 86.3 cm³/mol. The predicted octanol–water partition coefficient (Wildman–Crippen LogP) is 2.51. The molecule has 1 heterocycles. The number of hydrogen-bond acceptors (Lipinski definition) is 5. The van der Waals surface area contributed by atoms with Crippen molar-refractivity contribution in [2.24, 2.45) is 0 Å². The van der Waals surface area contributed by atoms with Gasteiger partial charge in [0.1, 0.15) is 11.5 Å². The Morgan fingerprint density at radius 2 is 1.79 bits per heavy atom. The highest BCUT2D eigenvalue weighted by atomic mass is 19.1. The molecule has 7 heteroatoms. The second-order valence-electron chi connectivity index (χ2n) is 5.07. The molecule has 0 spiro atoms. The van der Waals surface area contributed by atoms with Crippen molar-refractivity contribution in [1.82, 2.24) is 15.2 Å². The summed E-state index contributed by atoms with van der Waals surface area (Å²) in [5.74, 6) is -0.131. The van der Waals surface area contributed by atoms with Gasteiger partial charge >= 0.3 is 0 Å². The van der Waals surface area contributed by atoms with Crippen molar-refractivity contribution in [2.75, 3.05) is 5.32 Å². The van der Waals surface area contributed by atoms with E-state index < -0.39 is 0 Å². The number of H-pyrrole nitrogens is 1. The molecule has 3 rings (SSSR count). The third-order valence-electron chi connectivity index (χ3n) is 3.33. The Morgan fingerprint density at radius 3 is 2.42 bits per heavy atom. The molecule has 0 radical (unpaired) electrons. The van der Waals surface area contributed by atoms with Crippen molar-refractivity contribution < 1.29 is 4.39 Å². The van der Waals surface area contributed by atoms with Gasteiger partial charge in [0.05, 0.1) is 11.6 Å². The van der Waals surface area contributed by atoms with Crippen LogP contribution in [0.1, 0.15) is 16.8 Å². The first-order valence-electron chi connectivity index (χ1n) is 7.11. The Bertz CT molecular complexity index is 942. The van der Waals surface area contributed by atoms with Gasteiger partial charge in [0.2, 0.25) is 5.95 Å². The van der Waals surface area contributed by atoms with Gasteiger partial charge in [-0.3, -0.25) is 9.78 Å². The zero-order valence-corrected chi connectivity index (χ0v) is 12.5. The SMILES string of the molecule is N#Cc1ccc(Nc2nnc(Cc3ccc(F)cc3)c(=O)[nH]2)cc1. The van der Waals surface area contributed by atoms with E-state index in [4.69, 9.17) is 5.26 Å². The number of aromatic nitrogens is 3. The fourth-order valence-electron chi connectivity index (χ4n) is 2.09. The van der Waals surface area contributed by atoms with Crippen molar-refractivity contribution >= 4 is 11.6 Å². The Hall–Kier alpha value is -3.53. The lowest BCUT2D eigenvalue weighted by Crippen LogP contribution is -2.18. The highest BCUT2D eigenvalue weighted by Gasteiger charge is 2.07. The van der Waals surface area contributed by atoms with E-state index in [0.717, 1.165) is 5.56 Å². The van der Waals surface area contributed by atoms with E-state index in [2.05, 4.69) is 20.5 Å². The molecule has 0 fully saturated rings. The van der Waals surface area contributed by atoms with Crippen LogP contribution in [0.15, 0.2) is 53.3 Å². The van der Waals surface area contributed by atoms with E-state index >= 15 is 0 Å². The minimum atomic E-state index is -0.370. The zero-order chi connectivity index (χ0) is 16.9. The number of halogens is 1. The largest absolute Gasteiger partial charge is 0.324 e. The topological polar surface area (TPSA) is 94.5 Å². The molecule has 0 atom stereocenters. The molecule has 6 nitrogen and oxygen atoms in total. The number of nitriles is 1. The molecule has 3 aromatic rings. The minimum Gasteiger partial charge on any atom is -0.324 e. The van der Waals surface area contributed by atoms with Gasteiger partial charge in [0.25, 0.3) is 5.56 Å². The van der Waals surface area contributed by atoms with Gasteiger partial charge in [-0.15, -0.1) is 10.2 Å². The maximum Gasteiger partial charge on any atom is 0.274 e. The van der Waals surface area contributed by atoms with Gasteiger partial charge < -0.3 is 5.32 Å². The smallest absolute Gasteiger partial charge is 0.274 e. The van der Waals surface area contributed by atoms with E-state index in [1.165, 1.54) is 12.1 Å². The Labute approximate surface area is 136 Å². The Balaban J connectivity index is 1.75. The molecule has 1 aromatic heterocycles. The standard InChI is InChI=1S/C17H12FN5O/c18-13-5-1-11(2-6-13)9-15-16(24)21-17(23-22-15)20-14-7-3-12(10-19)4-8-14/h1-8H,9H2,(H2,20,21,23,24). The van der Waals surface area contributed by atoms with Crippen molar-refractivity contribution in [2.45, 2.75) is 6.42 Å². The van der Waals surface area contributed by atoms with E-state index in [1.807, 2.05) is 6.07 Å². The molecule has 0 saturated heterocycles. The summed E-state index contributed by atoms with van der Waals surface area (Å²) in [6.07, 6.45) is 0.264. The summed E-state index contributed by atoms with van der Waals surface area (Å²) in [5, 5.41) is 19.5. The fourth-order valence-corrected chi connectivity index (χ4v) is 2.09. The summed E-state index contributed by atoms with van der Waals surface area (Å²) in [7, 11) is 0. The summed E-state index contributed by atoms with van der Waals surface area (Å²) in [4.78, 5) is 14.7. The lowest BCUT2D eigenvalue weighted by molar-refractivity contribution is 0.627. The van der Waals surface area contributed by atoms with Gasteiger partial charge in [-0.05, 0) is 42.0 Å². The molecule has 0 amide bonds. The first kappa shape index (κ1) is 15.4. The normalized spacial score (nSPS) is 10.2. The molecule has 0 aliphatic carbocycles. The monoisotopic (exact) mass is 321 g/mol. The molecule has 2 aromatic carbocycles. The molecule has 2 N–H and O–H groups in total.